The molecule has 5 heteroatoms. The van der Waals surface area contributed by atoms with Gasteiger partial charge in [-0.1, -0.05) is 12.1 Å². The Morgan fingerprint density at radius 2 is 1.52 bits per heavy atom. The second kappa shape index (κ2) is 6.54. The summed E-state index contributed by atoms with van der Waals surface area (Å²) in [7, 11) is 1.55. The molecule has 0 heterocycles. The number of hydrogen-bond acceptors (Lipinski definition) is 3. The van der Waals surface area contributed by atoms with Gasteiger partial charge in [-0.3, -0.25) is 0 Å². The zero-order valence-corrected chi connectivity index (χ0v) is 11.7. The minimum Gasteiger partial charge on any atom is -0.497 e. The van der Waals surface area contributed by atoms with Crippen LogP contribution in [0.25, 0.3) is 0 Å². The molecular formula is C16H16F2O3. The van der Waals surface area contributed by atoms with Crippen molar-refractivity contribution in [3.05, 3.63) is 59.7 Å². The number of halogens is 2. The first-order chi connectivity index (χ1) is 9.99. The van der Waals surface area contributed by atoms with Gasteiger partial charge in [0.05, 0.1) is 7.11 Å². The van der Waals surface area contributed by atoms with Gasteiger partial charge in [-0.2, -0.15) is 0 Å². The summed E-state index contributed by atoms with van der Waals surface area (Å²) in [5, 5.41) is 10.2. The lowest BCUT2D eigenvalue weighted by atomic mass is 10.1. The SMILES string of the molecule is COc1ccc(C(O)C(C)Oc2cc(F)cc(F)c2)cc1. The van der Waals surface area contributed by atoms with Crippen molar-refractivity contribution >= 4 is 0 Å². The van der Waals surface area contributed by atoms with Crippen LogP contribution in [0.5, 0.6) is 11.5 Å². The third-order valence-corrected chi connectivity index (χ3v) is 3.06. The van der Waals surface area contributed by atoms with E-state index in [0.717, 1.165) is 18.2 Å². The smallest absolute Gasteiger partial charge is 0.129 e. The topological polar surface area (TPSA) is 38.7 Å². The number of aliphatic hydroxyl groups excluding tert-OH is 1. The zero-order chi connectivity index (χ0) is 15.4. The fourth-order valence-corrected chi connectivity index (χ4v) is 1.95. The predicted molar refractivity (Wildman–Crippen MR) is 74.4 cm³/mol. The van der Waals surface area contributed by atoms with Gasteiger partial charge in [0.15, 0.2) is 0 Å². The van der Waals surface area contributed by atoms with Crippen LogP contribution in [0.15, 0.2) is 42.5 Å². The van der Waals surface area contributed by atoms with Crippen LogP contribution in [0.1, 0.15) is 18.6 Å². The first-order valence-electron chi connectivity index (χ1n) is 6.44. The molecule has 0 spiro atoms. The summed E-state index contributed by atoms with van der Waals surface area (Å²) >= 11 is 0. The molecule has 0 saturated carbocycles. The minimum atomic E-state index is -0.928. The lowest BCUT2D eigenvalue weighted by molar-refractivity contribution is 0.0463. The molecule has 0 radical (unpaired) electrons. The summed E-state index contributed by atoms with van der Waals surface area (Å²) in [5.41, 5.74) is 0.625. The molecule has 0 aromatic heterocycles. The van der Waals surface area contributed by atoms with Crippen molar-refractivity contribution in [2.45, 2.75) is 19.1 Å². The number of hydrogen-bond donors (Lipinski definition) is 1. The molecule has 0 aliphatic heterocycles. The van der Waals surface area contributed by atoms with E-state index in [9.17, 15) is 13.9 Å². The van der Waals surface area contributed by atoms with E-state index >= 15 is 0 Å². The standard InChI is InChI=1S/C16H16F2O3/c1-10(21-15-8-12(17)7-13(18)9-15)16(19)11-3-5-14(20-2)6-4-11/h3-10,16,19H,1-2H3. The van der Waals surface area contributed by atoms with Crippen molar-refractivity contribution < 1.29 is 23.4 Å². The van der Waals surface area contributed by atoms with Gasteiger partial charge in [0, 0.05) is 18.2 Å². The van der Waals surface area contributed by atoms with Gasteiger partial charge < -0.3 is 14.6 Å². The quantitative estimate of drug-likeness (QED) is 0.917. The second-order valence-corrected chi connectivity index (χ2v) is 4.65. The van der Waals surface area contributed by atoms with E-state index in [2.05, 4.69) is 0 Å². The Labute approximate surface area is 121 Å². The maximum absolute atomic E-state index is 13.1. The highest BCUT2D eigenvalue weighted by molar-refractivity contribution is 5.29. The molecule has 21 heavy (non-hydrogen) atoms. The Morgan fingerprint density at radius 1 is 0.952 bits per heavy atom. The monoisotopic (exact) mass is 294 g/mol. The average Bonchev–Trinajstić information content (AvgIpc) is 2.45. The Kier molecular flexibility index (Phi) is 4.75. The van der Waals surface area contributed by atoms with Crippen molar-refractivity contribution in [3.8, 4) is 11.5 Å². The summed E-state index contributed by atoms with van der Waals surface area (Å²) in [5.74, 6) is -0.744. The molecule has 2 unspecified atom stereocenters. The van der Waals surface area contributed by atoms with Crippen molar-refractivity contribution in [2.75, 3.05) is 7.11 Å². The summed E-state index contributed by atoms with van der Waals surface area (Å²) in [4.78, 5) is 0. The molecule has 2 atom stereocenters. The van der Waals surface area contributed by atoms with E-state index in [1.54, 1.807) is 38.3 Å². The number of ether oxygens (including phenoxy) is 2. The molecule has 0 amide bonds. The molecule has 1 N–H and O–H groups in total. The van der Waals surface area contributed by atoms with Crippen LogP contribution >= 0.6 is 0 Å². The normalized spacial score (nSPS) is 13.6. The van der Waals surface area contributed by atoms with Gasteiger partial charge in [-0.25, -0.2) is 8.78 Å². The molecule has 0 saturated heterocycles. The minimum absolute atomic E-state index is 0.0348. The summed E-state index contributed by atoms with van der Waals surface area (Å²) in [6.07, 6.45) is -1.60. The number of methoxy groups -OCH3 is 1. The molecule has 2 aromatic rings. The highest BCUT2D eigenvalue weighted by atomic mass is 19.1. The Balaban J connectivity index is 2.09. The van der Waals surface area contributed by atoms with Crippen LogP contribution < -0.4 is 9.47 Å². The van der Waals surface area contributed by atoms with E-state index < -0.39 is 23.8 Å². The summed E-state index contributed by atoms with van der Waals surface area (Å²) in [6.45, 7) is 1.62. The maximum atomic E-state index is 13.1. The Hall–Kier alpha value is -2.14. The highest BCUT2D eigenvalue weighted by Crippen LogP contribution is 2.24. The number of rotatable bonds is 5. The zero-order valence-electron chi connectivity index (χ0n) is 11.7. The first kappa shape index (κ1) is 15.3. The Bertz CT molecular complexity index is 579. The molecule has 2 aromatic carbocycles. The molecule has 0 aliphatic carbocycles. The van der Waals surface area contributed by atoms with Crippen molar-refractivity contribution in [2.24, 2.45) is 0 Å². The van der Waals surface area contributed by atoms with E-state index in [1.165, 1.54) is 0 Å². The molecular weight excluding hydrogens is 278 g/mol. The molecule has 2 rings (SSSR count). The van der Waals surface area contributed by atoms with E-state index in [0.29, 0.717) is 11.3 Å². The molecule has 0 bridgehead atoms. The largest absolute Gasteiger partial charge is 0.497 e. The van der Waals surface area contributed by atoms with Crippen LogP contribution in [0, 0.1) is 11.6 Å². The third-order valence-electron chi connectivity index (χ3n) is 3.06. The molecule has 0 aliphatic rings. The van der Waals surface area contributed by atoms with Crippen LogP contribution in [0.4, 0.5) is 8.78 Å². The van der Waals surface area contributed by atoms with Crippen LogP contribution in [-0.2, 0) is 0 Å². The fraction of sp³-hybridized carbons (Fsp3) is 0.250. The maximum Gasteiger partial charge on any atom is 0.129 e. The second-order valence-electron chi connectivity index (χ2n) is 4.65. The van der Waals surface area contributed by atoms with Gasteiger partial charge in [-0.15, -0.1) is 0 Å². The van der Waals surface area contributed by atoms with Crippen molar-refractivity contribution in [3.63, 3.8) is 0 Å². The van der Waals surface area contributed by atoms with Gasteiger partial charge in [-0.05, 0) is 24.6 Å². The van der Waals surface area contributed by atoms with Crippen LogP contribution in [0.2, 0.25) is 0 Å². The van der Waals surface area contributed by atoms with Gasteiger partial charge >= 0.3 is 0 Å². The fourth-order valence-electron chi connectivity index (χ4n) is 1.95. The molecule has 112 valence electrons. The number of aliphatic hydroxyl groups is 1. The van der Waals surface area contributed by atoms with E-state index in [4.69, 9.17) is 9.47 Å². The first-order valence-corrected chi connectivity index (χ1v) is 6.44. The molecule has 0 fully saturated rings. The highest BCUT2D eigenvalue weighted by Gasteiger charge is 2.18. The number of benzene rings is 2. The Morgan fingerprint density at radius 3 is 2.05 bits per heavy atom. The molecule has 3 nitrogen and oxygen atoms in total. The van der Waals surface area contributed by atoms with Crippen LogP contribution in [-0.4, -0.2) is 18.3 Å². The van der Waals surface area contributed by atoms with E-state index in [-0.39, 0.29) is 5.75 Å². The summed E-state index contributed by atoms with van der Waals surface area (Å²) < 4.78 is 36.6. The third kappa shape index (κ3) is 3.92. The van der Waals surface area contributed by atoms with Crippen LogP contribution in [0.3, 0.4) is 0 Å². The van der Waals surface area contributed by atoms with Gasteiger partial charge in [0.2, 0.25) is 0 Å². The van der Waals surface area contributed by atoms with Gasteiger partial charge in [0.1, 0.15) is 35.3 Å². The van der Waals surface area contributed by atoms with Gasteiger partial charge in [0.25, 0.3) is 0 Å². The van der Waals surface area contributed by atoms with E-state index in [1.807, 2.05) is 0 Å². The average molecular weight is 294 g/mol. The predicted octanol–water partition coefficient (Wildman–Crippen LogP) is 3.47. The van der Waals surface area contributed by atoms with Crippen molar-refractivity contribution in [1.29, 1.82) is 0 Å². The summed E-state index contributed by atoms with van der Waals surface area (Å²) in [6, 6.07) is 9.74. The van der Waals surface area contributed by atoms with Crippen molar-refractivity contribution in [1.82, 2.24) is 0 Å². The lowest BCUT2D eigenvalue weighted by Gasteiger charge is -2.21. The lowest BCUT2D eigenvalue weighted by Crippen LogP contribution is -2.21.